The molecule has 3 heteroatoms. The Labute approximate surface area is 138 Å². The zero-order valence-electron chi connectivity index (χ0n) is 14.3. The molecular weight excluding hydrogens is 288 g/mol. The highest BCUT2D eigenvalue weighted by molar-refractivity contribution is 6.10. The molecule has 0 aromatic carbocycles. The first-order valence-electron chi connectivity index (χ1n) is 8.79. The Morgan fingerprint density at radius 2 is 2.00 bits per heavy atom. The standard InChI is InChI=1S/C20H26O3/c1-4-6-13-9-14-11-16(21)15-10-12(7-5-8-20(15,2)3)17(14)19(23)18(13)22/h9,11-12,15,23H,4-8,10H2,1-3H3/t12-,15+/m1/s1. The van der Waals surface area contributed by atoms with E-state index in [1.807, 2.05) is 13.0 Å². The maximum atomic E-state index is 12.8. The lowest BCUT2D eigenvalue weighted by molar-refractivity contribution is -0.122. The zero-order valence-corrected chi connectivity index (χ0v) is 14.3. The summed E-state index contributed by atoms with van der Waals surface area (Å²) in [5.41, 5.74) is 2.11. The van der Waals surface area contributed by atoms with Gasteiger partial charge in [-0.2, -0.15) is 0 Å². The summed E-state index contributed by atoms with van der Waals surface area (Å²) in [6.45, 7) is 6.35. The van der Waals surface area contributed by atoms with Crippen LogP contribution in [-0.2, 0) is 9.59 Å². The lowest BCUT2D eigenvalue weighted by Gasteiger charge is -2.31. The third-order valence-electron chi connectivity index (χ3n) is 5.81. The van der Waals surface area contributed by atoms with Crippen molar-refractivity contribution in [1.82, 2.24) is 0 Å². The molecule has 3 nitrogen and oxygen atoms in total. The van der Waals surface area contributed by atoms with Crippen LogP contribution < -0.4 is 0 Å². The molecule has 3 aliphatic rings. The summed E-state index contributed by atoms with van der Waals surface area (Å²) in [6, 6.07) is 0. The summed E-state index contributed by atoms with van der Waals surface area (Å²) in [6.07, 6.45) is 8.76. The van der Waals surface area contributed by atoms with Crippen molar-refractivity contribution in [2.75, 3.05) is 0 Å². The Kier molecular flexibility index (Phi) is 4.07. The summed E-state index contributed by atoms with van der Waals surface area (Å²) in [4.78, 5) is 25.3. The molecule has 0 amide bonds. The molecule has 1 N–H and O–H groups in total. The van der Waals surface area contributed by atoms with Crippen LogP contribution in [0.2, 0.25) is 0 Å². The Morgan fingerprint density at radius 3 is 2.70 bits per heavy atom. The van der Waals surface area contributed by atoms with E-state index in [-0.39, 0.29) is 34.6 Å². The number of aliphatic hydroxyl groups excluding tert-OH is 1. The summed E-state index contributed by atoms with van der Waals surface area (Å²) in [5, 5.41) is 10.6. The van der Waals surface area contributed by atoms with Gasteiger partial charge in [-0.05, 0) is 54.7 Å². The molecule has 0 spiro atoms. The fourth-order valence-electron chi connectivity index (χ4n) is 4.46. The van der Waals surface area contributed by atoms with E-state index < -0.39 is 0 Å². The number of carbonyl (C=O) groups excluding carboxylic acids is 2. The Balaban J connectivity index is 2.12. The van der Waals surface area contributed by atoms with Gasteiger partial charge in [0.05, 0.1) is 0 Å². The van der Waals surface area contributed by atoms with Crippen LogP contribution in [0.1, 0.15) is 59.3 Å². The lowest BCUT2D eigenvalue weighted by Crippen LogP contribution is -2.29. The molecule has 0 aromatic heterocycles. The third-order valence-corrected chi connectivity index (χ3v) is 5.81. The van der Waals surface area contributed by atoms with Crippen LogP contribution in [0.3, 0.4) is 0 Å². The van der Waals surface area contributed by atoms with E-state index >= 15 is 0 Å². The van der Waals surface area contributed by atoms with Crippen molar-refractivity contribution in [3.05, 3.63) is 34.6 Å². The van der Waals surface area contributed by atoms with Crippen LogP contribution in [0, 0.1) is 17.3 Å². The van der Waals surface area contributed by atoms with Gasteiger partial charge < -0.3 is 5.11 Å². The van der Waals surface area contributed by atoms with E-state index in [0.717, 1.165) is 43.3 Å². The normalized spacial score (nSPS) is 30.2. The van der Waals surface area contributed by atoms with E-state index in [1.54, 1.807) is 6.08 Å². The molecule has 0 aliphatic heterocycles. The number of carbonyl (C=O) groups is 2. The molecule has 0 saturated heterocycles. The second-order valence-electron chi connectivity index (χ2n) is 7.88. The van der Waals surface area contributed by atoms with Crippen molar-refractivity contribution in [3.63, 3.8) is 0 Å². The van der Waals surface area contributed by atoms with Gasteiger partial charge in [0.25, 0.3) is 0 Å². The summed E-state index contributed by atoms with van der Waals surface area (Å²) >= 11 is 0. The van der Waals surface area contributed by atoms with E-state index in [1.165, 1.54) is 0 Å². The molecule has 0 radical (unpaired) electrons. The van der Waals surface area contributed by atoms with Crippen molar-refractivity contribution in [3.8, 4) is 0 Å². The van der Waals surface area contributed by atoms with Crippen LogP contribution in [0.5, 0.6) is 0 Å². The average molecular weight is 314 g/mol. The molecule has 0 aromatic rings. The Bertz CT molecular complexity index is 646. The number of fused-ring (bicyclic) bond motifs is 4. The molecule has 0 unspecified atom stereocenters. The minimum absolute atomic E-state index is 0.0213. The van der Waals surface area contributed by atoms with Gasteiger partial charge in [-0.1, -0.05) is 33.6 Å². The average Bonchev–Trinajstić information content (AvgIpc) is 2.71. The SMILES string of the molecule is CCCC1=CC2=CC(=O)[C@@H]3C[C@@H](CCCC3(C)C)C2=C(O)C1=O. The van der Waals surface area contributed by atoms with Gasteiger partial charge in [-0.3, -0.25) is 9.59 Å². The number of rotatable bonds is 2. The number of aliphatic hydroxyl groups is 1. The van der Waals surface area contributed by atoms with Crippen molar-refractivity contribution >= 4 is 11.6 Å². The van der Waals surface area contributed by atoms with Gasteiger partial charge in [0.1, 0.15) is 0 Å². The monoisotopic (exact) mass is 314 g/mol. The molecule has 3 aliphatic carbocycles. The highest BCUT2D eigenvalue weighted by Crippen LogP contribution is 2.48. The predicted octanol–water partition coefficient (Wildman–Crippen LogP) is 4.45. The van der Waals surface area contributed by atoms with Gasteiger partial charge in [-0.15, -0.1) is 0 Å². The Hall–Kier alpha value is -1.64. The zero-order chi connectivity index (χ0) is 16.8. The first-order valence-corrected chi connectivity index (χ1v) is 8.79. The fourth-order valence-corrected chi connectivity index (χ4v) is 4.46. The van der Waals surface area contributed by atoms with Crippen LogP contribution in [0.4, 0.5) is 0 Å². The maximum Gasteiger partial charge on any atom is 0.223 e. The molecule has 23 heavy (non-hydrogen) atoms. The van der Waals surface area contributed by atoms with Gasteiger partial charge in [-0.25, -0.2) is 0 Å². The largest absolute Gasteiger partial charge is 0.504 e. The van der Waals surface area contributed by atoms with Gasteiger partial charge in [0.2, 0.25) is 5.78 Å². The van der Waals surface area contributed by atoms with E-state index in [4.69, 9.17) is 0 Å². The van der Waals surface area contributed by atoms with Crippen molar-refractivity contribution in [1.29, 1.82) is 0 Å². The Morgan fingerprint density at radius 1 is 1.26 bits per heavy atom. The van der Waals surface area contributed by atoms with E-state index in [2.05, 4.69) is 13.8 Å². The number of hydrogen-bond acceptors (Lipinski definition) is 3. The van der Waals surface area contributed by atoms with Crippen molar-refractivity contribution in [2.45, 2.75) is 59.3 Å². The second-order valence-corrected chi connectivity index (χ2v) is 7.88. The van der Waals surface area contributed by atoms with Crippen molar-refractivity contribution in [2.24, 2.45) is 17.3 Å². The minimum atomic E-state index is -0.242. The fraction of sp³-hybridized carbons (Fsp3) is 0.600. The summed E-state index contributed by atoms with van der Waals surface area (Å²) in [5.74, 6) is -0.107. The van der Waals surface area contributed by atoms with Crippen LogP contribution in [0.15, 0.2) is 34.6 Å². The molecule has 2 bridgehead atoms. The highest BCUT2D eigenvalue weighted by atomic mass is 16.3. The number of ketones is 2. The third kappa shape index (κ3) is 2.71. The molecule has 1 saturated carbocycles. The van der Waals surface area contributed by atoms with Gasteiger partial charge >= 0.3 is 0 Å². The van der Waals surface area contributed by atoms with Crippen molar-refractivity contribution < 1.29 is 14.7 Å². The van der Waals surface area contributed by atoms with Crippen LogP contribution in [0.25, 0.3) is 0 Å². The number of Topliss-reactive ketones (excluding diaryl/α,β-unsaturated/α-hetero) is 1. The molecule has 2 atom stereocenters. The number of allylic oxidation sites excluding steroid dienone is 5. The predicted molar refractivity (Wildman–Crippen MR) is 90.0 cm³/mol. The maximum absolute atomic E-state index is 12.8. The van der Waals surface area contributed by atoms with Crippen LogP contribution >= 0.6 is 0 Å². The van der Waals surface area contributed by atoms with E-state index in [0.29, 0.717) is 12.0 Å². The lowest BCUT2D eigenvalue weighted by atomic mass is 9.72. The molecule has 0 heterocycles. The highest BCUT2D eigenvalue weighted by Gasteiger charge is 2.43. The minimum Gasteiger partial charge on any atom is -0.504 e. The number of hydrogen-bond donors (Lipinski definition) is 1. The topological polar surface area (TPSA) is 54.4 Å². The molecule has 3 rings (SSSR count). The second kappa shape index (κ2) is 5.77. The summed E-state index contributed by atoms with van der Waals surface area (Å²) in [7, 11) is 0. The first-order chi connectivity index (χ1) is 10.8. The summed E-state index contributed by atoms with van der Waals surface area (Å²) < 4.78 is 0. The quantitative estimate of drug-likeness (QED) is 0.819. The molecule has 1 fully saturated rings. The van der Waals surface area contributed by atoms with Crippen LogP contribution in [-0.4, -0.2) is 16.7 Å². The van der Waals surface area contributed by atoms with E-state index in [9.17, 15) is 14.7 Å². The van der Waals surface area contributed by atoms with Gasteiger partial charge in [0, 0.05) is 17.1 Å². The molecule has 124 valence electrons. The van der Waals surface area contributed by atoms with Gasteiger partial charge in [0.15, 0.2) is 11.5 Å². The molecular formula is C20H26O3. The smallest absolute Gasteiger partial charge is 0.223 e. The first kappa shape index (κ1) is 16.2.